The predicted octanol–water partition coefficient (Wildman–Crippen LogP) is 2.33. The number of nitrogens with two attached hydrogens (primary N) is 1. The van der Waals surface area contributed by atoms with Crippen molar-refractivity contribution in [1.29, 1.82) is 0 Å². The minimum Gasteiger partial charge on any atom is -0.397 e. The Balaban J connectivity index is 2.05. The molecule has 0 atom stereocenters. The van der Waals surface area contributed by atoms with Gasteiger partial charge in [0.05, 0.1) is 11.4 Å². The van der Waals surface area contributed by atoms with E-state index in [1.54, 1.807) is 6.07 Å². The molecule has 1 aromatic rings. The van der Waals surface area contributed by atoms with Crippen LogP contribution in [0.25, 0.3) is 0 Å². The summed E-state index contributed by atoms with van der Waals surface area (Å²) in [5, 5.41) is 0. The number of hydrogen-bond donors (Lipinski definition) is 1. The molecule has 0 aromatic heterocycles. The summed E-state index contributed by atoms with van der Waals surface area (Å²) in [5.74, 6) is -0.273. The summed E-state index contributed by atoms with van der Waals surface area (Å²) >= 11 is 0. The molecular weight excluding hydrogens is 229 g/mol. The van der Waals surface area contributed by atoms with Gasteiger partial charge < -0.3 is 15.5 Å². The first-order valence-electron chi connectivity index (χ1n) is 6.62. The van der Waals surface area contributed by atoms with E-state index in [0.29, 0.717) is 11.7 Å². The maximum absolute atomic E-state index is 13.0. The van der Waals surface area contributed by atoms with Crippen LogP contribution in [-0.2, 0) is 0 Å². The van der Waals surface area contributed by atoms with Crippen molar-refractivity contribution in [2.45, 2.75) is 25.8 Å². The Morgan fingerprint density at radius 2 is 2.06 bits per heavy atom. The predicted molar refractivity (Wildman–Crippen MR) is 74.4 cm³/mol. The van der Waals surface area contributed by atoms with E-state index in [0.717, 1.165) is 38.2 Å². The smallest absolute Gasteiger partial charge is 0.125 e. The zero-order chi connectivity index (χ0) is 13.1. The summed E-state index contributed by atoms with van der Waals surface area (Å²) in [7, 11) is 2.05. The zero-order valence-electron chi connectivity index (χ0n) is 11.2. The highest BCUT2D eigenvalue weighted by molar-refractivity contribution is 5.67. The SMILES string of the molecule is CCN1CCC(N(C)c2ccc(F)cc2N)CC1. The third-order valence-electron chi connectivity index (χ3n) is 3.92. The second-order valence-electron chi connectivity index (χ2n) is 4.98. The number of likely N-dealkylation sites (tertiary alicyclic amines) is 1. The summed E-state index contributed by atoms with van der Waals surface area (Å²) < 4.78 is 13.0. The molecule has 0 spiro atoms. The molecule has 0 amide bonds. The van der Waals surface area contributed by atoms with Gasteiger partial charge in [0.15, 0.2) is 0 Å². The Kier molecular flexibility index (Phi) is 4.07. The van der Waals surface area contributed by atoms with Gasteiger partial charge in [-0.3, -0.25) is 0 Å². The van der Waals surface area contributed by atoms with Crippen LogP contribution >= 0.6 is 0 Å². The molecule has 1 aliphatic heterocycles. The van der Waals surface area contributed by atoms with Gasteiger partial charge in [0.1, 0.15) is 5.82 Å². The van der Waals surface area contributed by atoms with Crippen LogP contribution < -0.4 is 10.6 Å². The number of piperidine rings is 1. The standard InChI is InChI=1S/C14H22FN3/c1-3-18-8-6-12(7-9-18)17(2)14-5-4-11(15)10-13(14)16/h4-5,10,12H,3,6-9,16H2,1-2H3. The molecule has 0 radical (unpaired) electrons. The Morgan fingerprint density at radius 3 is 2.61 bits per heavy atom. The van der Waals surface area contributed by atoms with Crippen LogP contribution in [0.4, 0.5) is 15.8 Å². The first-order valence-corrected chi connectivity index (χ1v) is 6.62. The van der Waals surface area contributed by atoms with E-state index in [4.69, 9.17) is 5.73 Å². The van der Waals surface area contributed by atoms with Crippen LogP contribution in [-0.4, -0.2) is 37.6 Å². The molecule has 1 aromatic carbocycles. The van der Waals surface area contributed by atoms with E-state index in [9.17, 15) is 4.39 Å². The van der Waals surface area contributed by atoms with E-state index < -0.39 is 0 Å². The summed E-state index contributed by atoms with van der Waals surface area (Å²) in [5.41, 5.74) is 7.35. The highest BCUT2D eigenvalue weighted by atomic mass is 19.1. The average molecular weight is 251 g/mol. The van der Waals surface area contributed by atoms with E-state index >= 15 is 0 Å². The average Bonchev–Trinajstić information content (AvgIpc) is 2.38. The summed E-state index contributed by atoms with van der Waals surface area (Å²) in [6.45, 7) is 5.58. The van der Waals surface area contributed by atoms with Crippen molar-refractivity contribution in [1.82, 2.24) is 4.90 Å². The monoisotopic (exact) mass is 251 g/mol. The van der Waals surface area contributed by atoms with Crippen molar-refractivity contribution in [3.8, 4) is 0 Å². The van der Waals surface area contributed by atoms with Gasteiger partial charge >= 0.3 is 0 Å². The Labute approximate surface area is 108 Å². The van der Waals surface area contributed by atoms with Crippen LogP contribution in [0.15, 0.2) is 18.2 Å². The molecular formula is C14H22FN3. The van der Waals surface area contributed by atoms with Crippen molar-refractivity contribution in [2.24, 2.45) is 0 Å². The lowest BCUT2D eigenvalue weighted by atomic mass is 10.0. The molecule has 1 heterocycles. The molecule has 2 rings (SSSR count). The number of benzene rings is 1. The Hall–Kier alpha value is -1.29. The highest BCUT2D eigenvalue weighted by Crippen LogP contribution is 2.27. The van der Waals surface area contributed by atoms with E-state index in [1.165, 1.54) is 12.1 Å². The lowest BCUT2D eigenvalue weighted by Crippen LogP contribution is -2.43. The Morgan fingerprint density at radius 1 is 1.39 bits per heavy atom. The number of hydrogen-bond acceptors (Lipinski definition) is 3. The van der Waals surface area contributed by atoms with E-state index in [-0.39, 0.29) is 5.82 Å². The molecule has 100 valence electrons. The van der Waals surface area contributed by atoms with Gasteiger partial charge in [-0.1, -0.05) is 6.92 Å². The number of rotatable bonds is 3. The van der Waals surface area contributed by atoms with E-state index in [1.807, 2.05) is 0 Å². The normalized spacial score (nSPS) is 17.9. The lowest BCUT2D eigenvalue weighted by Gasteiger charge is -2.37. The second kappa shape index (κ2) is 5.57. The first-order chi connectivity index (χ1) is 8.61. The van der Waals surface area contributed by atoms with Crippen LogP contribution in [0.1, 0.15) is 19.8 Å². The van der Waals surface area contributed by atoms with Crippen LogP contribution in [0.5, 0.6) is 0 Å². The Bertz CT molecular complexity index is 400. The molecule has 0 saturated carbocycles. The van der Waals surface area contributed by atoms with Gasteiger partial charge in [-0.05, 0) is 37.6 Å². The highest BCUT2D eigenvalue weighted by Gasteiger charge is 2.22. The molecule has 2 N–H and O–H groups in total. The van der Waals surface area contributed by atoms with Gasteiger partial charge in [-0.2, -0.15) is 0 Å². The van der Waals surface area contributed by atoms with Crippen molar-refractivity contribution >= 4 is 11.4 Å². The topological polar surface area (TPSA) is 32.5 Å². The molecule has 4 heteroatoms. The molecule has 1 aliphatic rings. The third-order valence-corrected chi connectivity index (χ3v) is 3.92. The quantitative estimate of drug-likeness (QED) is 0.837. The number of nitrogen functional groups attached to an aromatic ring is 1. The van der Waals surface area contributed by atoms with Crippen LogP contribution in [0.2, 0.25) is 0 Å². The molecule has 1 fully saturated rings. The largest absolute Gasteiger partial charge is 0.397 e. The van der Waals surface area contributed by atoms with Gasteiger partial charge in [0.2, 0.25) is 0 Å². The molecule has 1 saturated heterocycles. The molecule has 0 aliphatic carbocycles. The van der Waals surface area contributed by atoms with Gasteiger partial charge in [0, 0.05) is 26.2 Å². The van der Waals surface area contributed by atoms with Crippen molar-refractivity contribution in [3.63, 3.8) is 0 Å². The number of nitrogens with zero attached hydrogens (tertiary/aromatic N) is 2. The van der Waals surface area contributed by atoms with E-state index in [2.05, 4.69) is 23.8 Å². The summed E-state index contributed by atoms with van der Waals surface area (Å²) in [6.07, 6.45) is 2.28. The van der Waals surface area contributed by atoms with Crippen LogP contribution in [0.3, 0.4) is 0 Å². The minimum absolute atomic E-state index is 0.273. The fourth-order valence-electron chi connectivity index (χ4n) is 2.67. The maximum Gasteiger partial charge on any atom is 0.125 e. The zero-order valence-corrected chi connectivity index (χ0v) is 11.2. The summed E-state index contributed by atoms with van der Waals surface area (Å²) in [4.78, 5) is 4.65. The van der Waals surface area contributed by atoms with Crippen molar-refractivity contribution in [2.75, 3.05) is 37.3 Å². The number of anilines is 2. The maximum atomic E-state index is 13.0. The third kappa shape index (κ3) is 2.75. The van der Waals surface area contributed by atoms with Crippen molar-refractivity contribution < 1.29 is 4.39 Å². The van der Waals surface area contributed by atoms with Crippen LogP contribution in [0, 0.1) is 5.82 Å². The lowest BCUT2D eigenvalue weighted by molar-refractivity contribution is 0.221. The molecule has 3 nitrogen and oxygen atoms in total. The second-order valence-corrected chi connectivity index (χ2v) is 4.98. The first kappa shape index (κ1) is 13.1. The minimum atomic E-state index is -0.273. The number of halogens is 1. The fourth-order valence-corrected chi connectivity index (χ4v) is 2.67. The molecule has 0 bridgehead atoms. The van der Waals surface area contributed by atoms with Crippen molar-refractivity contribution in [3.05, 3.63) is 24.0 Å². The fraction of sp³-hybridized carbons (Fsp3) is 0.571. The molecule has 18 heavy (non-hydrogen) atoms. The summed E-state index contributed by atoms with van der Waals surface area (Å²) in [6, 6.07) is 5.15. The van der Waals surface area contributed by atoms with Gasteiger partial charge in [-0.25, -0.2) is 4.39 Å². The molecule has 0 unspecified atom stereocenters. The van der Waals surface area contributed by atoms with Gasteiger partial charge in [-0.15, -0.1) is 0 Å². The van der Waals surface area contributed by atoms with Gasteiger partial charge in [0.25, 0.3) is 0 Å².